The first-order chi connectivity index (χ1) is 14.6. The van der Waals surface area contributed by atoms with E-state index in [2.05, 4.69) is 9.55 Å². The van der Waals surface area contributed by atoms with Crippen molar-refractivity contribution in [3.63, 3.8) is 0 Å². The first-order valence-corrected chi connectivity index (χ1v) is 9.98. The highest BCUT2D eigenvalue weighted by molar-refractivity contribution is 6.30. The van der Waals surface area contributed by atoms with Gasteiger partial charge in [-0.2, -0.15) is 0 Å². The molecule has 0 spiro atoms. The Morgan fingerprint density at radius 1 is 1.07 bits per heavy atom. The van der Waals surface area contributed by atoms with Gasteiger partial charge in [0.05, 0.1) is 24.1 Å². The molecule has 4 rings (SSSR count). The van der Waals surface area contributed by atoms with Crippen molar-refractivity contribution < 1.29 is 9.53 Å². The number of halogens is 1. The molecule has 7 heteroatoms. The summed E-state index contributed by atoms with van der Waals surface area (Å²) >= 11 is 5.93. The SMILES string of the molecule is CN(Cc1nc2ccccc2n1CCOc1ccc(Cl)cc1)C(=O)c1ccccn1. The minimum absolute atomic E-state index is 0.147. The maximum Gasteiger partial charge on any atom is 0.272 e. The molecule has 0 fully saturated rings. The molecule has 0 unspecified atom stereocenters. The van der Waals surface area contributed by atoms with Gasteiger partial charge in [-0.3, -0.25) is 9.78 Å². The van der Waals surface area contributed by atoms with Crippen molar-refractivity contribution >= 4 is 28.5 Å². The fraction of sp³-hybridized carbons (Fsp3) is 0.174. The van der Waals surface area contributed by atoms with E-state index in [1.807, 2.05) is 36.4 Å². The molecule has 0 saturated carbocycles. The number of nitrogens with zero attached hydrogens (tertiary/aromatic N) is 4. The van der Waals surface area contributed by atoms with Crippen LogP contribution in [-0.2, 0) is 13.1 Å². The molecule has 0 aliphatic heterocycles. The minimum Gasteiger partial charge on any atom is -0.492 e. The fourth-order valence-electron chi connectivity index (χ4n) is 3.25. The number of imidazole rings is 1. The minimum atomic E-state index is -0.147. The molecule has 152 valence electrons. The average molecular weight is 421 g/mol. The second kappa shape index (κ2) is 8.97. The monoisotopic (exact) mass is 420 g/mol. The van der Waals surface area contributed by atoms with Crippen molar-refractivity contribution in [3.05, 3.63) is 89.5 Å². The molecule has 30 heavy (non-hydrogen) atoms. The van der Waals surface area contributed by atoms with Crippen LogP contribution in [0, 0.1) is 0 Å². The largest absolute Gasteiger partial charge is 0.492 e. The van der Waals surface area contributed by atoms with Crippen LogP contribution in [0.25, 0.3) is 11.0 Å². The number of aromatic nitrogens is 3. The summed E-state index contributed by atoms with van der Waals surface area (Å²) in [5, 5.41) is 0.672. The maximum absolute atomic E-state index is 12.7. The van der Waals surface area contributed by atoms with Crippen LogP contribution < -0.4 is 4.74 Å². The molecular weight excluding hydrogens is 400 g/mol. The molecule has 6 nitrogen and oxygen atoms in total. The van der Waals surface area contributed by atoms with E-state index in [-0.39, 0.29) is 5.91 Å². The van der Waals surface area contributed by atoms with E-state index in [0.29, 0.717) is 30.4 Å². The zero-order valence-corrected chi connectivity index (χ0v) is 17.3. The van der Waals surface area contributed by atoms with Gasteiger partial charge in [0.1, 0.15) is 23.9 Å². The summed E-state index contributed by atoms with van der Waals surface area (Å²) in [6.45, 7) is 1.43. The van der Waals surface area contributed by atoms with Gasteiger partial charge in [-0.25, -0.2) is 4.98 Å². The number of benzene rings is 2. The van der Waals surface area contributed by atoms with Gasteiger partial charge in [-0.05, 0) is 48.5 Å². The van der Waals surface area contributed by atoms with Gasteiger partial charge in [0.15, 0.2) is 0 Å². The molecule has 2 aromatic carbocycles. The van der Waals surface area contributed by atoms with Gasteiger partial charge in [-0.1, -0.05) is 29.8 Å². The Bertz CT molecular complexity index is 1140. The third-order valence-corrected chi connectivity index (χ3v) is 4.99. The van der Waals surface area contributed by atoms with Crippen LogP contribution in [0.4, 0.5) is 0 Å². The van der Waals surface area contributed by atoms with Crippen molar-refractivity contribution in [2.24, 2.45) is 0 Å². The van der Waals surface area contributed by atoms with Crippen LogP contribution in [-0.4, -0.2) is 39.0 Å². The predicted molar refractivity (Wildman–Crippen MR) is 117 cm³/mol. The number of carbonyl (C=O) groups excluding carboxylic acids is 1. The third kappa shape index (κ3) is 4.44. The van der Waals surface area contributed by atoms with Gasteiger partial charge < -0.3 is 14.2 Å². The molecule has 0 atom stereocenters. The van der Waals surface area contributed by atoms with Crippen molar-refractivity contribution in [2.75, 3.05) is 13.7 Å². The highest BCUT2D eigenvalue weighted by Crippen LogP contribution is 2.19. The first-order valence-electron chi connectivity index (χ1n) is 9.61. The molecule has 0 bridgehead atoms. The van der Waals surface area contributed by atoms with Gasteiger partial charge >= 0.3 is 0 Å². The molecule has 0 aliphatic carbocycles. The lowest BCUT2D eigenvalue weighted by atomic mass is 10.3. The summed E-state index contributed by atoms with van der Waals surface area (Å²) in [6, 6.07) is 20.5. The van der Waals surface area contributed by atoms with E-state index in [1.54, 1.807) is 48.5 Å². The highest BCUT2D eigenvalue weighted by Gasteiger charge is 2.17. The number of pyridine rings is 1. The second-order valence-electron chi connectivity index (χ2n) is 6.85. The molecule has 1 amide bonds. The van der Waals surface area contributed by atoms with Crippen LogP contribution >= 0.6 is 11.6 Å². The lowest BCUT2D eigenvalue weighted by Crippen LogP contribution is -2.28. The lowest BCUT2D eigenvalue weighted by Gasteiger charge is -2.18. The van der Waals surface area contributed by atoms with Gasteiger partial charge in [-0.15, -0.1) is 0 Å². The third-order valence-electron chi connectivity index (χ3n) is 4.74. The Labute approximate surface area is 179 Å². The van der Waals surface area contributed by atoms with Crippen molar-refractivity contribution in [1.29, 1.82) is 0 Å². The summed E-state index contributed by atoms with van der Waals surface area (Å²) in [6.07, 6.45) is 1.62. The van der Waals surface area contributed by atoms with Crippen molar-refractivity contribution in [2.45, 2.75) is 13.1 Å². The highest BCUT2D eigenvalue weighted by atomic mass is 35.5. The molecule has 2 heterocycles. The number of para-hydroxylation sites is 2. The molecule has 0 aliphatic rings. The van der Waals surface area contributed by atoms with Gasteiger partial charge in [0, 0.05) is 18.3 Å². The summed E-state index contributed by atoms with van der Waals surface area (Å²) in [7, 11) is 1.75. The number of hydrogen-bond donors (Lipinski definition) is 0. The van der Waals surface area contributed by atoms with E-state index < -0.39 is 0 Å². The molecule has 0 saturated heterocycles. The van der Waals surface area contributed by atoms with Crippen LogP contribution in [0.5, 0.6) is 5.75 Å². The number of ether oxygens (including phenoxy) is 1. The Hall–Kier alpha value is -3.38. The number of fused-ring (bicyclic) bond motifs is 1. The van der Waals surface area contributed by atoms with Crippen LogP contribution in [0.1, 0.15) is 16.3 Å². The summed E-state index contributed by atoms with van der Waals surface area (Å²) in [5.41, 5.74) is 2.30. The fourth-order valence-corrected chi connectivity index (χ4v) is 3.38. The molecule has 4 aromatic rings. The smallest absolute Gasteiger partial charge is 0.272 e. The van der Waals surface area contributed by atoms with Gasteiger partial charge in [0.25, 0.3) is 5.91 Å². The Balaban J connectivity index is 1.52. The number of rotatable bonds is 7. The molecule has 0 radical (unpaired) electrons. The van der Waals surface area contributed by atoms with E-state index >= 15 is 0 Å². The zero-order valence-electron chi connectivity index (χ0n) is 16.5. The molecular formula is C23H21ClN4O2. The Morgan fingerprint density at radius 2 is 1.83 bits per heavy atom. The summed E-state index contributed by atoms with van der Waals surface area (Å²) < 4.78 is 7.95. The van der Waals surface area contributed by atoms with E-state index in [9.17, 15) is 4.79 Å². The van der Waals surface area contributed by atoms with Crippen LogP contribution in [0.3, 0.4) is 0 Å². The average Bonchev–Trinajstić information content (AvgIpc) is 3.12. The standard InChI is InChI=1S/C23H21ClN4O2/c1-27(23(29)20-7-4-5-13-25-20)16-22-26-19-6-2-3-8-21(19)28(22)14-15-30-18-11-9-17(24)10-12-18/h2-13H,14-16H2,1H3. The maximum atomic E-state index is 12.7. The van der Waals surface area contributed by atoms with E-state index in [0.717, 1.165) is 22.6 Å². The number of hydrogen-bond acceptors (Lipinski definition) is 4. The van der Waals surface area contributed by atoms with Crippen LogP contribution in [0.2, 0.25) is 5.02 Å². The Morgan fingerprint density at radius 3 is 2.60 bits per heavy atom. The first kappa shape index (κ1) is 19.9. The molecule has 0 N–H and O–H groups in total. The number of amides is 1. The van der Waals surface area contributed by atoms with Crippen LogP contribution in [0.15, 0.2) is 72.9 Å². The topological polar surface area (TPSA) is 60.2 Å². The van der Waals surface area contributed by atoms with Crippen molar-refractivity contribution in [1.82, 2.24) is 19.4 Å². The predicted octanol–water partition coefficient (Wildman–Crippen LogP) is 4.44. The zero-order chi connectivity index (χ0) is 20.9. The Kier molecular flexibility index (Phi) is 5.95. The van der Waals surface area contributed by atoms with Gasteiger partial charge in [0.2, 0.25) is 0 Å². The normalized spacial score (nSPS) is 10.9. The van der Waals surface area contributed by atoms with Crippen molar-refractivity contribution in [3.8, 4) is 5.75 Å². The van der Waals surface area contributed by atoms with E-state index in [1.165, 1.54) is 0 Å². The summed E-state index contributed by atoms with van der Waals surface area (Å²) in [4.78, 5) is 23.2. The lowest BCUT2D eigenvalue weighted by molar-refractivity contribution is 0.0774. The van der Waals surface area contributed by atoms with E-state index in [4.69, 9.17) is 21.3 Å². The quantitative estimate of drug-likeness (QED) is 0.443. The number of carbonyl (C=O) groups is 1. The molecule has 2 aromatic heterocycles. The summed E-state index contributed by atoms with van der Waals surface area (Å²) in [5.74, 6) is 1.40. The second-order valence-corrected chi connectivity index (χ2v) is 7.28.